The molecule has 6 N–H and O–H groups in total. The Morgan fingerprint density at radius 3 is 1.38 bits per heavy atom. The Kier molecular flexibility index (Phi) is 36.4. The Bertz CT molecular complexity index is 1290. The fraction of sp³-hybridized carbons (Fsp3) is 0.796. The minimum Gasteiger partial charge on any atom is -0.462 e. The lowest BCUT2D eigenvalue weighted by molar-refractivity contribution is -0.220. The minimum absolute atomic E-state index is 0.0952. The molecule has 0 amide bonds. The number of unbranched alkanes of at least 4 members (excludes halogenated alkanes) is 20. The lowest BCUT2D eigenvalue weighted by Crippen LogP contribution is -2.64. The van der Waals surface area contributed by atoms with Crippen LogP contribution >= 0.6 is 7.82 Å². The summed E-state index contributed by atoms with van der Waals surface area (Å²) in [5.41, 5.74) is 0. The molecule has 0 saturated heterocycles. The van der Waals surface area contributed by atoms with Gasteiger partial charge in [-0.2, -0.15) is 0 Å². The van der Waals surface area contributed by atoms with E-state index in [9.17, 15) is 44.6 Å². The van der Waals surface area contributed by atoms with Gasteiger partial charge in [0.2, 0.25) is 0 Å². The molecule has 0 aromatic carbocycles. The van der Waals surface area contributed by atoms with E-state index in [-0.39, 0.29) is 12.8 Å². The second-order valence-electron chi connectivity index (χ2n) is 16.9. The van der Waals surface area contributed by atoms with Gasteiger partial charge in [-0.3, -0.25) is 18.6 Å². The van der Waals surface area contributed by atoms with Crippen LogP contribution in [0.25, 0.3) is 0 Å². The van der Waals surface area contributed by atoms with Gasteiger partial charge in [-0.05, 0) is 51.4 Å². The number of hydrogen-bond donors (Lipinski definition) is 6. The molecule has 0 aromatic rings. The van der Waals surface area contributed by atoms with Crippen LogP contribution in [-0.4, -0.2) is 98.3 Å². The van der Waals surface area contributed by atoms with Gasteiger partial charge in [-0.15, -0.1) is 0 Å². The Labute approximate surface area is 380 Å². The molecule has 6 unspecified atom stereocenters. The predicted molar refractivity (Wildman–Crippen MR) is 249 cm³/mol. The zero-order chi connectivity index (χ0) is 46.4. The highest BCUT2D eigenvalue weighted by Gasteiger charge is 2.51. The molecule has 13 nitrogen and oxygen atoms in total. The van der Waals surface area contributed by atoms with Crippen molar-refractivity contribution in [2.75, 3.05) is 13.2 Å². The summed E-state index contributed by atoms with van der Waals surface area (Å²) in [7, 11) is -5.12. The number of rotatable bonds is 40. The summed E-state index contributed by atoms with van der Waals surface area (Å²) in [4.78, 5) is 35.8. The SMILES string of the molecule is CCC=CCC=CCC=CCC=CCCCCCCCCC(=O)OCC(COP(=O)(O)OC1C(O)C(O)C(O)C(O)C1O)OC(=O)CCCCCCCCCCCCCCCCC. The van der Waals surface area contributed by atoms with Crippen molar-refractivity contribution < 1.29 is 63.1 Å². The Hall–Kier alpha value is -2.19. The summed E-state index contributed by atoms with van der Waals surface area (Å²) >= 11 is 0. The van der Waals surface area contributed by atoms with Crippen LogP contribution < -0.4 is 0 Å². The molecule has 14 heteroatoms. The van der Waals surface area contributed by atoms with Crippen molar-refractivity contribution in [3.8, 4) is 0 Å². The standard InChI is InChI=1S/C49H87O13P/c1-3-5-7-9-11-13-15-17-19-20-21-22-24-25-27-29-31-33-35-37-42(50)59-39-41(40-60-63(57,58)62-49-47(55)45(53)44(52)46(54)48(49)56)61-43(51)38-36-34-32-30-28-26-23-18-16-14-12-10-8-6-4-2/h5,7,11,13,17,19,21-22,41,44-49,52-56H,3-4,6,8-10,12,14-16,18,20,23-40H2,1-2H3,(H,57,58). The maximum atomic E-state index is 12.8. The van der Waals surface area contributed by atoms with Crippen LogP contribution in [0.15, 0.2) is 48.6 Å². The van der Waals surface area contributed by atoms with E-state index < -0.39 is 75.7 Å². The molecule has 1 fully saturated rings. The highest BCUT2D eigenvalue weighted by molar-refractivity contribution is 7.47. The molecule has 0 radical (unpaired) electrons. The van der Waals surface area contributed by atoms with E-state index in [1.807, 2.05) is 0 Å². The molecule has 0 bridgehead atoms. The normalized spacial score (nSPS) is 22.1. The zero-order valence-electron chi connectivity index (χ0n) is 38.9. The molecule has 366 valence electrons. The number of allylic oxidation sites excluding steroid dienone is 8. The van der Waals surface area contributed by atoms with Crippen molar-refractivity contribution in [1.29, 1.82) is 0 Å². The second kappa shape index (κ2) is 39.0. The van der Waals surface area contributed by atoms with Gasteiger partial charge in [0.15, 0.2) is 6.10 Å². The predicted octanol–water partition coefficient (Wildman–Crippen LogP) is 9.95. The van der Waals surface area contributed by atoms with E-state index in [2.05, 4.69) is 62.5 Å². The van der Waals surface area contributed by atoms with E-state index in [0.717, 1.165) is 89.9 Å². The molecular formula is C49H87O13P. The van der Waals surface area contributed by atoms with Crippen LogP contribution in [0.2, 0.25) is 0 Å². The molecule has 1 aliphatic rings. The first kappa shape index (κ1) is 58.8. The number of aliphatic hydroxyl groups excluding tert-OH is 5. The van der Waals surface area contributed by atoms with Gasteiger partial charge in [0.1, 0.15) is 43.2 Å². The lowest BCUT2D eigenvalue weighted by Gasteiger charge is -2.41. The first-order chi connectivity index (χ1) is 30.4. The Balaban J connectivity index is 2.43. The van der Waals surface area contributed by atoms with Crippen molar-refractivity contribution in [2.24, 2.45) is 0 Å². The first-order valence-corrected chi connectivity index (χ1v) is 25.9. The minimum atomic E-state index is -5.12. The summed E-state index contributed by atoms with van der Waals surface area (Å²) < 4.78 is 33.6. The van der Waals surface area contributed by atoms with E-state index in [0.29, 0.717) is 12.8 Å². The van der Waals surface area contributed by atoms with Gasteiger partial charge in [0, 0.05) is 12.8 Å². The quantitative estimate of drug-likeness (QED) is 0.0147. The largest absolute Gasteiger partial charge is 0.472 e. The third-order valence-electron chi connectivity index (χ3n) is 11.2. The molecule has 63 heavy (non-hydrogen) atoms. The van der Waals surface area contributed by atoms with Crippen LogP contribution in [0.1, 0.15) is 194 Å². The highest BCUT2D eigenvalue weighted by Crippen LogP contribution is 2.47. The zero-order valence-corrected chi connectivity index (χ0v) is 39.8. The van der Waals surface area contributed by atoms with Gasteiger partial charge < -0.3 is 39.9 Å². The number of ether oxygens (including phenoxy) is 2. The summed E-state index contributed by atoms with van der Waals surface area (Å²) in [5.74, 6) is -1.11. The van der Waals surface area contributed by atoms with E-state index >= 15 is 0 Å². The number of esters is 2. The smallest absolute Gasteiger partial charge is 0.462 e. The Morgan fingerprint density at radius 2 is 0.905 bits per heavy atom. The fourth-order valence-corrected chi connectivity index (χ4v) is 8.25. The van der Waals surface area contributed by atoms with Crippen molar-refractivity contribution in [2.45, 2.75) is 236 Å². The molecule has 0 heterocycles. The van der Waals surface area contributed by atoms with E-state index in [1.54, 1.807) is 0 Å². The van der Waals surface area contributed by atoms with Crippen LogP contribution in [0.5, 0.6) is 0 Å². The van der Waals surface area contributed by atoms with Crippen molar-refractivity contribution in [3.05, 3.63) is 48.6 Å². The average Bonchev–Trinajstić information content (AvgIpc) is 3.26. The first-order valence-electron chi connectivity index (χ1n) is 24.4. The van der Waals surface area contributed by atoms with Gasteiger partial charge >= 0.3 is 19.8 Å². The number of carbonyl (C=O) groups excluding carboxylic acids is 2. The molecule has 0 aliphatic heterocycles. The van der Waals surface area contributed by atoms with Crippen molar-refractivity contribution >= 4 is 19.8 Å². The highest BCUT2D eigenvalue weighted by atomic mass is 31.2. The summed E-state index contributed by atoms with van der Waals surface area (Å²) in [6.45, 7) is 3.19. The average molecular weight is 915 g/mol. The van der Waals surface area contributed by atoms with Gasteiger partial charge in [0.05, 0.1) is 6.61 Å². The van der Waals surface area contributed by atoms with Crippen LogP contribution in [-0.2, 0) is 32.7 Å². The number of hydrogen-bond acceptors (Lipinski definition) is 12. The third-order valence-corrected chi connectivity index (χ3v) is 12.2. The van der Waals surface area contributed by atoms with Crippen LogP contribution in [0.4, 0.5) is 0 Å². The van der Waals surface area contributed by atoms with Crippen LogP contribution in [0, 0.1) is 0 Å². The summed E-state index contributed by atoms with van der Waals surface area (Å²) in [6.07, 6.45) is 33.0. The topological polar surface area (TPSA) is 210 Å². The number of phosphoric acid groups is 1. The molecule has 6 atom stereocenters. The third kappa shape index (κ3) is 31.4. The molecule has 1 rings (SSSR count). The number of carbonyl (C=O) groups is 2. The Morgan fingerprint density at radius 1 is 0.508 bits per heavy atom. The fourth-order valence-electron chi connectivity index (χ4n) is 7.28. The lowest BCUT2D eigenvalue weighted by atomic mass is 9.85. The van der Waals surface area contributed by atoms with Gasteiger partial charge in [-0.25, -0.2) is 4.57 Å². The van der Waals surface area contributed by atoms with Gasteiger partial charge in [0.25, 0.3) is 0 Å². The van der Waals surface area contributed by atoms with Crippen molar-refractivity contribution in [1.82, 2.24) is 0 Å². The molecule has 1 aliphatic carbocycles. The van der Waals surface area contributed by atoms with Crippen molar-refractivity contribution in [3.63, 3.8) is 0 Å². The molecule has 0 aromatic heterocycles. The summed E-state index contributed by atoms with van der Waals surface area (Å²) in [6, 6.07) is 0. The summed E-state index contributed by atoms with van der Waals surface area (Å²) in [5, 5.41) is 50.2. The number of aliphatic hydroxyl groups is 5. The maximum absolute atomic E-state index is 12.8. The molecular weight excluding hydrogens is 827 g/mol. The monoisotopic (exact) mass is 915 g/mol. The van der Waals surface area contributed by atoms with E-state index in [4.69, 9.17) is 18.5 Å². The molecule has 1 saturated carbocycles. The maximum Gasteiger partial charge on any atom is 0.472 e. The molecule has 0 spiro atoms. The van der Waals surface area contributed by atoms with E-state index in [1.165, 1.54) is 64.2 Å². The van der Waals surface area contributed by atoms with Gasteiger partial charge in [-0.1, -0.05) is 178 Å². The number of phosphoric ester groups is 1. The van der Waals surface area contributed by atoms with Crippen LogP contribution in [0.3, 0.4) is 0 Å². The second-order valence-corrected chi connectivity index (χ2v) is 18.3.